The summed E-state index contributed by atoms with van der Waals surface area (Å²) < 4.78 is 28.8. The van der Waals surface area contributed by atoms with E-state index in [2.05, 4.69) is 4.98 Å². The van der Waals surface area contributed by atoms with Gasteiger partial charge >= 0.3 is 13.9 Å². The Morgan fingerprint density at radius 3 is 2.81 bits per heavy atom. The first kappa shape index (κ1) is 26.1. The molecule has 0 saturated carbocycles. The van der Waals surface area contributed by atoms with Crippen LogP contribution in [-0.4, -0.2) is 67.5 Å². The summed E-state index contributed by atoms with van der Waals surface area (Å²) in [7, 11) is -2.54. The van der Waals surface area contributed by atoms with Gasteiger partial charge in [-0.15, -0.1) is 20.6 Å². The zero-order chi connectivity index (χ0) is 23.4. The van der Waals surface area contributed by atoms with Crippen LogP contribution in [0.4, 0.5) is 5.82 Å². The van der Waals surface area contributed by atoms with Gasteiger partial charge < -0.3 is 20.7 Å². The smallest absolute Gasteiger partial charge is 0.395 e. The molecule has 1 saturated heterocycles. The molecule has 2 rings (SSSR count). The number of carbonyl (C=O) groups is 1. The summed E-state index contributed by atoms with van der Waals surface area (Å²) in [6.07, 6.45) is -1.94. The Hall–Kier alpha value is -1.11. The fourth-order valence-corrected chi connectivity index (χ4v) is 4.44. The number of thioether (sulfide) groups is 1. The average molecular weight is 499 g/mol. The molecule has 31 heavy (non-hydrogen) atoms. The van der Waals surface area contributed by atoms with Crippen LogP contribution in [0.25, 0.3) is 0 Å². The molecule has 0 spiro atoms. The number of hydrogen-bond donors (Lipinski definition) is 3. The molecule has 0 bridgehead atoms. The number of aliphatic hydroxyl groups is 2. The zero-order valence-corrected chi connectivity index (χ0v) is 19.7. The minimum atomic E-state index is -2.54. The molecule has 0 amide bonds. The standard InChI is InChI=1S/C17H25ClN3O8PS/c1-16(2,9-22)14(24)31-7-6-27-30(26)28-8-10-12(23)17(3,18)13(29-10)21-5-4-11(19)20-15(21)25/h4-5,10,12-13,22-23H,6-9H2,1-3H3,(H-,19,20,25)/p+1/t10?,12-,13-,17-/m1/s1. The van der Waals surface area contributed by atoms with Gasteiger partial charge in [0.05, 0.1) is 12.0 Å². The lowest BCUT2D eigenvalue weighted by Crippen LogP contribution is -2.42. The lowest BCUT2D eigenvalue weighted by atomic mass is 9.97. The highest BCUT2D eigenvalue weighted by Crippen LogP contribution is 2.43. The van der Waals surface area contributed by atoms with Crippen LogP contribution in [0.5, 0.6) is 0 Å². The number of aliphatic hydroxyl groups excluding tert-OH is 2. The molecule has 1 aromatic heterocycles. The van der Waals surface area contributed by atoms with Crippen molar-refractivity contribution in [3.63, 3.8) is 0 Å². The third kappa shape index (κ3) is 6.45. The second kappa shape index (κ2) is 10.7. The van der Waals surface area contributed by atoms with Gasteiger partial charge in [0.1, 0.15) is 36.1 Å². The molecular formula is C17H26ClN3O8PS+. The maximum absolute atomic E-state index is 12.1. The third-order valence-corrected chi connectivity index (χ3v) is 6.98. The first-order chi connectivity index (χ1) is 14.4. The number of halogens is 1. The number of hydrogen-bond acceptors (Lipinski definition) is 11. The van der Waals surface area contributed by atoms with Crippen LogP contribution in [0.1, 0.15) is 27.0 Å². The SMILES string of the molecule is CC(C)(CO)C(=O)SCCO[P+](=O)OCC1O[C@@H](n2ccc(N)nc2=O)[C@](C)(Cl)[C@@H]1O. The minimum Gasteiger partial charge on any atom is -0.395 e. The molecule has 0 radical (unpaired) electrons. The number of nitrogens with two attached hydrogens (primary N) is 1. The van der Waals surface area contributed by atoms with Crippen LogP contribution in [-0.2, 0) is 23.1 Å². The van der Waals surface area contributed by atoms with E-state index in [1.807, 2.05) is 0 Å². The molecule has 11 nitrogen and oxygen atoms in total. The minimum absolute atomic E-state index is 0.0243. The van der Waals surface area contributed by atoms with Crippen molar-refractivity contribution in [3.8, 4) is 0 Å². The average Bonchev–Trinajstić information content (AvgIpc) is 2.92. The van der Waals surface area contributed by atoms with Gasteiger partial charge in [-0.1, -0.05) is 11.8 Å². The fraction of sp³-hybridized carbons (Fsp3) is 0.706. The van der Waals surface area contributed by atoms with Crippen molar-refractivity contribution in [2.75, 3.05) is 31.3 Å². The van der Waals surface area contributed by atoms with Crippen molar-refractivity contribution >= 4 is 42.6 Å². The number of nitrogen functional groups attached to an aromatic ring is 1. The number of ether oxygens (including phenoxy) is 1. The summed E-state index contributed by atoms with van der Waals surface area (Å²) in [6, 6.07) is 1.39. The molecule has 1 aliphatic heterocycles. The number of nitrogens with zero attached hydrogens (tertiary/aromatic N) is 2. The van der Waals surface area contributed by atoms with Crippen LogP contribution in [0.15, 0.2) is 17.1 Å². The van der Waals surface area contributed by atoms with Gasteiger partial charge in [-0.05, 0) is 26.8 Å². The Morgan fingerprint density at radius 2 is 2.19 bits per heavy atom. The summed E-state index contributed by atoms with van der Waals surface area (Å²) in [5, 5.41) is 19.4. The van der Waals surface area contributed by atoms with Gasteiger partial charge in [0.15, 0.2) is 11.3 Å². The van der Waals surface area contributed by atoms with Gasteiger partial charge in [-0.3, -0.25) is 9.36 Å². The van der Waals surface area contributed by atoms with E-state index in [9.17, 15) is 19.3 Å². The second-order valence-corrected chi connectivity index (χ2v) is 10.5. The monoisotopic (exact) mass is 498 g/mol. The van der Waals surface area contributed by atoms with E-state index >= 15 is 0 Å². The highest BCUT2D eigenvalue weighted by molar-refractivity contribution is 8.13. The van der Waals surface area contributed by atoms with Crippen molar-refractivity contribution < 1.29 is 33.4 Å². The van der Waals surface area contributed by atoms with Crippen molar-refractivity contribution in [1.82, 2.24) is 9.55 Å². The van der Waals surface area contributed by atoms with Gasteiger partial charge in [-0.2, -0.15) is 4.98 Å². The van der Waals surface area contributed by atoms with Crippen LogP contribution in [0.2, 0.25) is 0 Å². The summed E-state index contributed by atoms with van der Waals surface area (Å²) in [5.74, 6) is 0.259. The molecule has 0 aliphatic carbocycles. The molecule has 4 N–H and O–H groups in total. The molecule has 1 aliphatic rings. The number of rotatable bonds is 10. The third-order valence-electron chi connectivity index (χ3n) is 4.63. The second-order valence-electron chi connectivity index (χ2n) is 7.70. The molecule has 2 unspecified atom stereocenters. The lowest BCUT2D eigenvalue weighted by molar-refractivity contribution is -0.119. The highest BCUT2D eigenvalue weighted by Gasteiger charge is 2.54. The Morgan fingerprint density at radius 1 is 1.52 bits per heavy atom. The van der Waals surface area contributed by atoms with Crippen molar-refractivity contribution in [2.24, 2.45) is 5.41 Å². The predicted octanol–water partition coefficient (Wildman–Crippen LogP) is 1.05. The molecule has 14 heteroatoms. The molecule has 1 aromatic rings. The highest BCUT2D eigenvalue weighted by atomic mass is 35.5. The van der Waals surface area contributed by atoms with Gasteiger partial charge in [0, 0.05) is 16.5 Å². The largest absolute Gasteiger partial charge is 0.697 e. The number of carbonyl (C=O) groups excluding carboxylic acids is 1. The molecule has 5 atom stereocenters. The molecule has 2 heterocycles. The van der Waals surface area contributed by atoms with Crippen LogP contribution >= 0.6 is 31.6 Å². The van der Waals surface area contributed by atoms with E-state index in [-0.39, 0.29) is 36.5 Å². The zero-order valence-electron chi connectivity index (χ0n) is 17.3. The molecule has 174 valence electrons. The summed E-state index contributed by atoms with van der Waals surface area (Å²) >= 11 is 7.37. The van der Waals surface area contributed by atoms with Crippen molar-refractivity contribution in [1.29, 1.82) is 0 Å². The van der Waals surface area contributed by atoms with Gasteiger partial charge in [-0.25, -0.2) is 4.79 Å². The van der Waals surface area contributed by atoms with E-state index in [1.54, 1.807) is 13.8 Å². The first-order valence-corrected chi connectivity index (χ1v) is 11.7. The summed E-state index contributed by atoms with van der Waals surface area (Å²) in [4.78, 5) is 26.2. The Bertz CT molecular complexity index is 868. The molecule has 1 fully saturated rings. The first-order valence-electron chi connectivity index (χ1n) is 9.28. The quantitative estimate of drug-likeness (QED) is 0.240. The van der Waals surface area contributed by atoms with Crippen molar-refractivity contribution in [2.45, 2.75) is 44.1 Å². The Kier molecular flexibility index (Phi) is 9.00. The Balaban J connectivity index is 1.85. The molecule has 0 aromatic carbocycles. The predicted molar refractivity (Wildman–Crippen MR) is 115 cm³/mol. The number of anilines is 1. The number of alkyl halides is 1. The van der Waals surface area contributed by atoms with Crippen LogP contribution in [0, 0.1) is 5.41 Å². The van der Waals surface area contributed by atoms with E-state index in [4.69, 9.17) is 36.2 Å². The van der Waals surface area contributed by atoms with Crippen LogP contribution < -0.4 is 11.4 Å². The summed E-state index contributed by atoms with van der Waals surface area (Å²) in [5.41, 5.74) is 3.91. The maximum Gasteiger partial charge on any atom is 0.697 e. The van der Waals surface area contributed by atoms with E-state index in [0.717, 1.165) is 16.3 Å². The topological polar surface area (TPSA) is 163 Å². The normalized spacial score (nSPS) is 26.8. The van der Waals surface area contributed by atoms with E-state index < -0.39 is 42.7 Å². The Labute approximate surface area is 189 Å². The van der Waals surface area contributed by atoms with Crippen molar-refractivity contribution in [3.05, 3.63) is 22.7 Å². The summed E-state index contributed by atoms with van der Waals surface area (Å²) in [6.45, 7) is 4.11. The fourth-order valence-electron chi connectivity index (χ4n) is 2.63. The van der Waals surface area contributed by atoms with Crippen LogP contribution in [0.3, 0.4) is 0 Å². The maximum atomic E-state index is 12.1. The van der Waals surface area contributed by atoms with Gasteiger partial charge in [0.2, 0.25) is 0 Å². The van der Waals surface area contributed by atoms with Gasteiger partial charge in [0.25, 0.3) is 0 Å². The molecular weight excluding hydrogens is 473 g/mol. The number of aromatic nitrogens is 2. The lowest BCUT2D eigenvalue weighted by Gasteiger charge is -2.26. The van der Waals surface area contributed by atoms with E-state index in [0.29, 0.717) is 0 Å². The van der Waals surface area contributed by atoms with E-state index in [1.165, 1.54) is 19.2 Å².